The molecule has 0 saturated heterocycles. The number of halogens is 2. The first-order chi connectivity index (χ1) is 8.54. The summed E-state index contributed by atoms with van der Waals surface area (Å²) < 4.78 is 0. The zero-order valence-electron chi connectivity index (χ0n) is 9.54. The topological polar surface area (TPSA) is 70.6 Å². The lowest BCUT2D eigenvalue weighted by molar-refractivity contribution is -0.139. The van der Waals surface area contributed by atoms with E-state index in [1.807, 2.05) is 0 Å². The van der Waals surface area contributed by atoms with Gasteiger partial charge in [-0.2, -0.15) is 5.10 Å². The molecule has 18 heavy (non-hydrogen) atoms. The predicted molar refractivity (Wildman–Crippen MR) is 70.9 cm³/mol. The Morgan fingerprint density at radius 3 is 2.67 bits per heavy atom. The van der Waals surface area contributed by atoms with Gasteiger partial charge in [-0.15, -0.1) is 0 Å². The largest absolute Gasteiger partial charge is 0.348 e. The van der Waals surface area contributed by atoms with Crippen molar-refractivity contribution in [2.24, 2.45) is 5.10 Å². The second-order valence-corrected chi connectivity index (χ2v) is 4.07. The minimum atomic E-state index is -0.835. The third-order valence-corrected chi connectivity index (χ3v) is 2.44. The number of nitrogens with one attached hydrogen (secondary N) is 2. The quantitative estimate of drug-likeness (QED) is 0.503. The van der Waals surface area contributed by atoms with Crippen LogP contribution in [0.15, 0.2) is 23.3 Å². The Morgan fingerprint density at radius 2 is 2.06 bits per heavy atom. The molecule has 1 aromatic rings. The lowest BCUT2D eigenvalue weighted by Crippen LogP contribution is -2.37. The van der Waals surface area contributed by atoms with Gasteiger partial charge in [0.1, 0.15) is 0 Å². The summed E-state index contributed by atoms with van der Waals surface area (Å²) in [6.07, 6.45) is 1.33. The number of benzene rings is 1. The van der Waals surface area contributed by atoms with Gasteiger partial charge in [-0.1, -0.05) is 29.3 Å². The molecule has 0 saturated carbocycles. The normalized spacial score (nSPS) is 10.4. The van der Waals surface area contributed by atoms with Crippen LogP contribution in [0.1, 0.15) is 12.5 Å². The van der Waals surface area contributed by atoms with Crippen LogP contribution in [0.4, 0.5) is 0 Å². The van der Waals surface area contributed by atoms with Crippen molar-refractivity contribution in [1.82, 2.24) is 10.7 Å². The van der Waals surface area contributed by atoms with Gasteiger partial charge in [0.15, 0.2) is 0 Å². The van der Waals surface area contributed by atoms with Gasteiger partial charge in [0.05, 0.1) is 11.2 Å². The summed E-state index contributed by atoms with van der Waals surface area (Å²) in [7, 11) is 0. The van der Waals surface area contributed by atoms with Gasteiger partial charge in [0.25, 0.3) is 0 Å². The van der Waals surface area contributed by atoms with Gasteiger partial charge >= 0.3 is 11.8 Å². The summed E-state index contributed by atoms with van der Waals surface area (Å²) >= 11 is 11.6. The van der Waals surface area contributed by atoms with Gasteiger partial charge in [0.2, 0.25) is 0 Å². The highest BCUT2D eigenvalue weighted by atomic mass is 35.5. The van der Waals surface area contributed by atoms with Crippen LogP contribution >= 0.6 is 23.2 Å². The van der Waals surface area contributed by atoms with Crippen molar-refractivity contribution < 1.29 is 9.59 Å². The Labute approximate surface area is 114 Å². The van der Waals surface area contributed by atoms with Crippen molar-refractivity contribution in [1.29, 1.82) is 0 Å². The van der Waals surface area contributed by atoms with E-state index >= 15 is 0 Å². The fourth-order valence-corrected chi connectivity index (χ4v) is 1.52. The van der Waals surface area contributed by atoms with Crippen molar-refractivity contribution in [3.63, 3.8) is 0 Å². The predicted octanol–water partition coefficient (Wildman–Crippen LogP) is 1.58. The maximum atomic E-state index is 11.2. The Bertz CT molecular complexity index is 489. The summed E-state index contributed by atoms with van der Waals surface area (Å²) in [5.41, 5.74) is 2.67. The van der Waals surface area contributed by atoms with Crippen molar-refractivity contribution in [2.45, 2.75) is 6.92 Å². The molecule has 1 aromatic carbocycles. The van der Waals surface area contributed by atoms with Gasteiger partial charge in [0, 0.05) is 17.1 Å². The number of nitrogens with zero attached hydrogens (tertiary/aromatic N) is 1. The summed E-state index contributed by atoms with van der Waals surface area (Å²) in [6.45, 7) is 2.08. The SMILES string of the molecule is CCNC(=O)C(=O)N/N=C/c1ccc(Cl)cc1Cl. The highest BCUT2D eigenvalue weighted by Gasteiger charge is 2.10. The van der Waals surface area contributed by atoms with E-state index < -0.39 is 11.8 Å². The van der Waals surface area contributed by atoms with Crippen LogP contribution in [-0.2, 0) is 9.59 Å². The third kappa shape index (κ3) is 4.35. The molecule has 0 unspecified atom stereocenters. The highest BCUT2D eigenvalue weighted by molar-refractivity contribution is 6.36. The van der Waals surface area contributed by atoms with E-state index in [0.717, 1.165) is 0 Å². The molecule has 0 aliphatic rings. The van der Waals surface area contributed by atoms with Crippen molar-refractivity contribution in [3.05, 3.63) is 33.8 Å². The van der Waals surface area contributed by atoms with E-state index in [9.17, 15) is 9.59 Å². The number of hydrazone groups is 1. The molecule has 0 spiro atoms. The molecular formula is C11H11Cl2N3O2. The van der Waals surface area contributed by atoms with E-state index in [2.05, 4.69) is 15.8 Å². The Balaban J connectivity index is 2.60. The van der Waals surface area contributed by atoms with Crippen LogP contribution in [0.5, 0.6) is 0 Å². The van der Waals surface area contributed by atoms with Crippen LogP contribution in [0.3, 0.4) is 0 Å². The molecule has 2 amide bonds. The van der Waals surface area contributed by atoms with Gasteiger partial charge in [-0.05, 0) is 19.1 Å². The molecule has 0 bridgehead atoms. The molecule has 1 rings (SSSR count). The third-order valence-electron chi connectivity index (χ3n) is 1.88. The highest BCUT2D eigenvalue weighted by Crippen LogP contribution is 2.19. The first-order valence-corrected chi connectivity index (χ1v) is 5.86. The summed E-state index contributed by atoms with van der Waals surface area (Å²) in [5.74, 6) is -1.57. The second-order valence-electron chi connectivity index (χ2n) is 3.22. The summed E-state index contributed by atoms with van der Waals surface area (Å²) in [5, 5.41) is 6.87. The smallest absolute Gasteiger partial charge is 0.329 e. The lowest BCUT2D eigenvalue weighted by Gasteiger charge is -2.00. The standard InChI is InChI=1S/C11H11Cl2N3O2/c1-2-14-10(17)11(18)16-15-6-7-3-4-8(12)5-9(7)13/h3-6H,2H2,1H3,(H,14,17)(H,16,18)/b15-6+. The molecule has 0 radical (unpaired) electrons. The monoisotopic (exact) mass is 287 g/mol. The van der Waals surface area contributed by atoms with Crippen LogP contribution in [0.2, 0.25) is 10.0 Å². The summed E-state index contributed by atoms with van der Waals surface area (Å²) in [6, 6.07) is 4.84. The molecule has 0 aliphatic heterocycles. The molecule has 7 heteroatoms. The molecule has 0 aromatic heterocycles. The van der Waals surface area contributed by atoms with Crippen LogP contribution < -0.4 is 10.7 Å². The van der Waals surface area contributed by atoms with Crippen molar-refractivity contribution >= 4 is 41.2 Å². The lowest BCUT2D eigenvalue weighted by atomic mass is 10.2. The molecular weight excluding hydrogens is 277 g/mol. The first kappa shape index (κ1) is 14.5. The number of rotatable bonds is 3. The minimum Gasteiger partial charge on any atom is -0.348 e. The Morgan fingerprint density at radius 1 is 1.33 bits per heavy atom. The maximum Gasteiger partial charge on any atom is 0.329 e. The number of carbonyl (C=O) groups excluding carboxylic acids is 2. The molecule has 0 fully saturated rings. The Kier molecular flexibility index (Phi) is 5.61. The maximum absolute atomic E-state index is 11.2. The van der Waals surface area contributed by atoms with E-state index in [-0.39, 0.29) is 0 Å². The molecule has 5 nitrogen and oxygen atoms in total. The van der Waals surface area contributed by atoms with E-state index in [1.165, 1.54) is 6.21 Å². The van der Waals surface area contributed by atoms with Gasteiger partial charge in [-0.25, -0.2) is 5.43 Å². The van der Waals surface area contributed by atoms with Crippen LogP contribution in [0, 0.1) is 0 Å². The molecule has 0 atom stereocenters. The molecule has 2 N–H and O–H groups in total. The van der Waals surface area contributed by atoms with Crippen LogP contribution in [0.25, 0.3) is 0 Å². The number of hydrogen-bond donors (Lipinski definition) is 2. The average molecular weight is 288 g/mol. The Hall–Kier alpha value is -1.59. The first-order valence-electron chi connectivity index (χ1n) is 5.11. The number of amides is 2. The van der Waals surface area contributed by atoms with Crippen molar-refractivity contribution in [3.8, 4) is 0 Å². The molecule has 96 valence electrons. The minimum absolute atomic E-state index is 0.374. The summed E-state index contributed by atoms with van der Waals surface area (Å²) in [4.78, 5) is 22.2. The number of hydrogen-bond acceptors (Lipinski definition) is 3. The fourth-order valence-electron chi connectivity index (χ4n) is 1.06. The van der Waals surface area contributed by atoms with Gasteiger partial charge in [-0.3, -0.25) is 9.59 Å². The van der Waals surface area contributed by atoms with E-state index in [4.69, 9.17) is 23.2 Å². The zero-order valence-corrected chi connectivity index (χ0v) is 11.0. The van der Waals surface area contributed by atoms with Crippen molar-refractivity contribution in [2.75, 3.05) is 6.54 Å². The number of carbonyl (C=O) groups is 2. The van der Waals surface area contributed by atoms with E-state index in [1.54, 1.807) is 25.1 Å². The average Bonchev–Trinajstić information content (AvgIpc) is 2.32. The fraction of sp³-hybridized carbons (Fsp3) is 0.182. The second kappa shape index (κ2) is 6.98. The number of likely N-dealkylation sites (N-methyl/N-ethyl adjacent to an activating group) is 1. The molecule has 0 aliphatic carbocycles. The molecule has 0 heterocycles. The zero-order chi connectivity index (χ0) is 13.5. The van der Waals surface area contributed by atoms with E-state index in [0.29, 0.717) is 22.2 Å². The van der Waals surface area contributed by atoms with Crippen LogP contribution in [-0.4, -0.2) is 24.6 Å². The van der Waals surface area contributed by atoms with Gasteiger partial charge < -0.3 is 5.32 Å².